The van der Waals surface area contributed by atoms with Crippen molar-refractivity contribution in [3.8, 4) is 0 Å². The second-order valence-electron chi connectivity index (χ2n) is 5.30. The highest BCUT2D eigenvalue weighted by atomic mass is 35.5. The molecule has 0 bridgehead atoms. The zero-order valence-electron chi connectivity index (χ0n) is 12.8. The maximum absolute atomic E-state index is 12.8. The van der Waals surface area contributed by atoms with Crippen LogP contribution in [-0.4, -0.2) is 5.91 Å². The number of hydrogen-bond acceptors (Lipinski definition) is 3. The molecule has 1 aromatic heterocycles. The largest absolute Gasteiger partial charge is 0.436 e. The number of nitrogens with two attached hydrogens (primary N) is 1. The zero-order valence-corrected chi connectivity index (χ0v) is 14.3. The number of nitrogens with zero attached hydrogens (tertiary/aromatic N) is 1. The molecule has 0 saturated carbocycles. The topological polar surface area (TPSA) is 68.6 Å². The summed E-state index contributed by atoms with van der Waals surface area (Å²) in [6.07, 6.45) is -4.53. The van der Waals surface area contributed by atoms with Crippen molar-refractivity contribution in [1.82, 2.24) is 0 Å². The van der Waals surface area contributed by atoms with E-state index in [0.29, 0.717) is 10.4 Å². The zero-order chi connectivity index (χ0) is 19.1. The van der Waals surface area contributed by atoms with Crippen molar-refractivity contribution in [1.29, 1.82) is 0 Å². The molecule has 3 rings (SSSR count). The minimum Gasteiger partial charge on any atom is -0.436 e. The van der Waals surface area contributed by atoms with Gasteiger partial charge in [-0.05, 0) is 36.4 Å². The first kappa shape index (κ1) is 18.3. The number of carbonyl (C=O) groups is 1. The molecule has 0 aliphatic carbocycles. The van der Waals surface area contributed by atoms with E-state index < -0.39 is 17.6 Å². The lowest BCUT2D eigenvalue weighted by Crippen LogP contribution is -2.21. The Morgan fingerprint density at radius 3 is 2.50 bits per heavy atom. The summed E-state index contributed by atoms with van der Waals surface area (Å²) in [4.78, 5) is 15.7. The monoisotopic (exact) mass is 400 g/mol. The molecule has 0 radical (unpaired) electrons. The van der Waals surface area contributed by atoms with Crippen molar-refractivity contribution in [2.45, 2.75) is 6.18 Å². The number of fused-ring (bicyclic) bond motifs is 1. The third-order valence-corrected chi connectivity index (χ3v) is 3.93. The molecule has 2 N–H and O–H groups in total. The minimum absolute atomic E-state index is 0.0597. The molecule has 1 heterocycles. The number of alkyl halides is 3. The van der Waals surface area contributed by atoms with Gasteiger partial charge in [-0.15, -0.1) is 0 Å². The van der Waals surface area contributed by atoms with E-state index in [-0.39, 0.29) is 27.4 Å². The van der Waals surface area contributed by atoms with Gasteiger partial charge in [0.05, 0.1) is 16.3 Å². The molecule has 1 amide bonds. The van der Waals surface area contributed by atoms with E-state index in [1.165, 1.54) is 30.3 Å². The highest BCUT2D eigenvalue weighted by molar-refractivity contribution is 6.38. The third kappa shape index (κ3) is 3.68. The lowest BCUT2D eigenvalue weighted by atomic mass is 10.1. The van der Waals surface area contributed by atoms with Crippen LogP contribution in [0.1, 0.15) is 15.9 Å². The first-order valence-electron chi connectivity index (χ1n) is 7.10. The SMILES string of the molecule is NC(=O)c1cc2cc(Cl)cc(Cl)c2oc1=Nc1cccc(C(F)(F)F)c1. The van der Waals surface area contributed by atoms with Crippen LogP contribution >= 0.6 is 23.2 Å². The summed E-state index contributed by atoms with van der Waals surface area (Å²) in [5.41, 5.74) is 4.19. The summed E-state index contributed by atoms with van der Waals surface area (Å²) in [6, 6.07) is 8.56. The van der Waals surface area contributed by atoms with Gasteiger partial charge in [-0.25, -0.2) is 4.99 Å². The van der Waals surface area contributed by atoms with E-state index in [2.05, 4.69) is 4.99 Å². The van der Waals surface area contributed by atoms with Crippen molar-refractivity contribution >= 4 is 45.8 Å². The Hall–Kier alpha value is -2.51. The molecular formula is C17H9Cl2F3N2O2. The Balaban J connectivity index is 2.28. The van der Waals surface area contributed by atoms with Crippen LogP contribution in [0.2, 0.25) is 10.0 Å². The maximum Gasteiger partial charge on any atom is 0.416 e. The molecular weight excluding hydrogens is 392 g/mol. The van der Waals surface area contributed by atoms with Gasteiger partial charge in [-0.3, -0.25) is 4.79 Å². The van der Waals surface area contributed by atoms with Crippen molar-refractivity contribution in [2.75, 3.05) is 0 Å². The van der Waals surface area contributed by atoms with Crippen LogP contribution in [0.3, 0.4) is 0 Å². The summed E-state index contributed by atoms with van der Waals surface area (Å²) in [5, 5.41) is 0.874. The molecule has 3 aromatic rings. The summed E-state index contributed by atoms with van der Waals surface area (Å²) in [7, 11) is 0. The molecule has 0 unspecified atom stereocenters. The van der Waals surface area contributed by atoms with Crippen molar-refractivity contribution in [2.24, 2.45) is 10.7 Å². The van der Waals surface area contributed by atoms with Crippen LogP contribution in [0, 0.1) is 0 Å². The first-order valence-corrected chi connectivity index (χ1v) is 7.85. The molecule has 0 spiro atoms. The highest BCUT2D eigenvalue weighted by Gasteiger charge is 2.30. The van der Waals surface area contributed by atoms with Gasteiger partial charge in [-0.1, -0.05) is 29.3 Å². The molecule has 134 valence electrons. The van der Waals surface area contributed by atoms with E-state index in [9.17, 15) is 18.0 Å². The van der Waals surface area contributed by atoms with Crippen molar-refractivity contribution < 1.29 is 22.4 Å². The normalized spacial score (nSPS) is 12.6. The van der Waals surface area contributed by atoms with Gasteiger partial charge in [0.2, 0.25) is 5.55 Å². The smallest absolute Gasteiger partial charge is 0.416 e. The predicted molar refractivity (Wildman–Crippen MR) is 91.4 cm³/mol. The fourth-order valence-corrected chi connectivity index (χ4v) is 2.84. The number of carbonyl (C=O) groups excluding carboxylic acids is 1. The van der Waals surface area contributed by atoms with Crippen LogP contribution in [-0.2, 0) is 6.18 Å². The molecule has 4 nitrogen and oxygen atoms in total. The minimum atomic E-state index is -4.53. The van der Waals surface area contributed by atoms with Gasteiger partial charge in [0.1, 0.15) is 5.56 Å². The van der Waals surface area contributed by atoms with E-state index in [1.54, 1.807) is 0 Å². The molecule has 0 atom stereocenters. The van der Waals surface area contributed by atoms with E-state index >= 15 is 0 Å². The quantitative estimate of drug-likeness (QED) is 0.650. The molecule has 2 aromatic carbocycles. The standard InChI is InChI=1S/C17H9Cl2F3N2O2/c18-10-4-8-5-12(15(23)25)16(26-14(8)13(19)7-10)24-11-3-1-2-9(6-11)17(20,21)22/h1-7H,(H2,23,25). The second kappa shape index (κ2) is 6.66. The van der Waals surface area contributed by atoms with Gasteiger partial charge in [0.15, 0.2) is 5.58 Å². The summed E-state index contributed by atoms with van der Waals surface area (Å²) < 4.78 is 44.1. The molecule has 0 aliphatic rings. The van der Waals surface area contributed by atoms with Crippen LogP contribution in [0.4, 0.5) is 18.9 Å². The average Bonchev–Trinajstić information content (AvgIpc) is 2.54. The number of primary amides is 1. The fourth-order valence-electron chi connectivity index (χ4n) is 2.29. The van der Waals surface area contributed by atoms with Crippen LogP contribution in [0.5, 0.6) is 0 Å². The summed E-state index contributed by atoms with van der Waals surface area (Å²) >= 11 is 12.0. The molecule has 0 saturated heterocycles. The molecule has 0 aliphatic heterocycles. The number of amides is 1. The molecule has 0 fully saturated rings. The third-order valence-electron chi connectivity index (χ3n) is 3.44. The van der Waals surface area contributed by atoms with Gasteiger partial charge < -0.3 is 10.2 Å². The van der Waals surface area contributed by atoms with Crippen molar-refractivity contribution in [3.05, 3.63) is 69.2 Å². The van der Waals surface area contributed by atoms with Crippen LogP contribution < -0.4 is 11.3 Å². The molecule has 9 heteroatoms. The van der Waals surface area contributed by atoms with Crippen molar-refractivity contribution in [3.63, 3.8) is 0 Å². The second-order valence-corrected chi connectivity index (χ2v) is 6.14. The summed E-state index contributed by atoms with van der Waals surface area (Å²) in [6.45, 7) is 0. The Morgan fingerprint density at radius 1 is 1.12 bits per heavy atom. The van der Waals surface area contributed by atoms with Crippen LogP contribution in [0.25, 0.3) is 11.0 Å². The van der Waals surface area contributed by atoms with Gasteiger partial charge in [-0.2, -0.15) is 13.2 Å². The first-order chi connectivity index (χ1) is 12.1. The fraction of sp³-hybridized carbons (Fsp3) is 0.0588. The summed E-state index contributed by atoms with van der Waals surface area (Å²) in [5.74, 6) is -0.863. The van der Waals surface area contributed by atoms with E-state index in [1.807, 2.05) is 0 Å². The van der Waals surface area contributed by atoms with Gasteiger partial charge >= 0.3 is 6.18 Å². The maximum atomic E-state index is 12.8. The van der Waals surface area contributed by atoms with E-state index in [4.69, 9.17) is 33.4 Å². The van der Waals surface area contributed by atoms with Gasteiger partial charge in [0, 0.05) is 10.4 Å². The molecule has 26 heavy (non-hydrogen) atoms. The number of halogens is 5. The average molecular weight is 401 g/mol. The number of rotatable bonds is 2. The van der Waals surface area contributed by atoms with Crippen LogP contribution in [0.15, 0.2) is 51.9 Å². The highest BCUT2D eigenvalue weighted by Crippen LogP contribution is 2.31. The van der Waals surface area contributed by atoms with Gasteiger partial charge in [0.25, 0.3) is 5.91 Å². The Morgan fingerprint density at radius 2 is 1.85 bits per heavy atom. The van der Waals surface area contributed by atoms with E-state index in [0.717, 1.165) is 12.1 Å². The number of hydrogen-bond donors (Lipinski definition) is 1. The lowest BCUT2D eigenvalue weighted by Gasteiger charge is -2.07. The Bertz CT molecular complexity index is 1090. The lowest BCUT2D eigenvalue weighted by molar-refractivity contribution is -0.137. The predicted octanol–water partition coefficient (Wildman–Crippen LogP) is 5.09. The Labute approximate surface area is 154 Å². The number of benzene rings is 2. The Kier molecular flexibility index (Phi) is 4.68.